The Morgan fingerprint density at radius 2 is 1.62 bits per heavy atom. The summed E-state index contributed by atoms with van der Waals surface area (Å²) >= 11 is 12.1. The molecule has 0 saturated carbocycles. The van der Waals surface area contributed by atoms with Crippen LogP contribution >= 0.6 is 23.2 Å². The van der Waals surface area contributed by atoms with Gasteiger partial charge in [0.05, 0.1) is 22.8 Å². The van der Waals surface area contributed by atoms with Gasteiger partial charge in [-0.1, -0.05) is 60.1 Å². The minimum atomic E-state index is -0.201. The van der Waals surface area contributed by atoms with Crippen LogP contribution in [-0.4, -0.2) is 14.6 Å². The van der Waals surface area contributed by atoms with E-state index in [2.05, 4.69) is 34.3 Å². The maximum Gasteiger partial charge on any atom is 0.272 e. The highest BCUT2D eigenvalue weighted by molar-refractivity contribution is 6.30. The summed E-state index contributed by atoms with van der Waals surface area (Å²) in [6, 6.07) is 23.3. The van der Waals surface area contributed by atoms with E-state index in [1.54, 1.807) is 0 Å². The Balaban J connectivity index is 1.87. The fourth-order valence-corrected chi connectivity index (χ4v) is 3.86. The predicted octanol–water partition coefficient (Wildman–Crippen LogP) is 5.90. The van der Waals surface area contributed by atoms with Crippen LogP contribution in [0.5, 0.6) is 0 Å². The molecule has 2 heterocycles. The Morgan fingerprint density at radius 1 is 0.897 bits per heavy atom. The number of benzene rings is 3. The first kappa shape index (κ1) is 18.0. The first-order valence-corrected chi connectivity index (χ1v) is 10.0. The molecule has 0 saturated heterocycles. The molecule has 0 fully saturated rings. The molecule has 0 spiro atoms. The molecule has 4 nitrogen and oxygen atoms in total. The number of hydrogen-bond donors (Lipinski definition) is 1. The zero-order valence-electron chi connectivity index (χ0n) is 15.2. The van der Waals surface area contributed by atoms with Gasteiger partial charge in [-0.05, 0) is 34.5 Å². The Labute approximate surface area is 176 Å². The number of aromatic amines is 1. The molecule has 0 aliphatic rings. The molecule has 3 aromatic carbocycles. The molecule has 0 radical (unpaired) electrons. The summed E-state index contributed by atoms with van der Waals surface area (Å²) in [4.78, 5) is 17.3. The van der Waals surface area contributed by atoms with Crippen LogP contribution in [0.4, 0.5) is 0 Å². The van der Waals surface area contributed by atoms with Gasteiger partial charge in [-0.15, -0.1) is 11.6 Å². The largest absolute Gasteiger partial charge is 0.288 e. The number of halogens is 2. The lowest BCUT2D eigenvalue weighted by Crippen LogP contribution is -2.15. The number of hydrogen-bond acceptors (Lipinski definition) is 2. The number of nitrogens with zero attached hydrogens (tertiary/aromatic N) is 2. The summed E-state index contributed by atoms with van der Waals surface area (Å²) in [5.74, 6) is 0.171. The third-order valence-electron chi connectivity index (χ3n) is 4.98. The molecule has 142 valence electrons. The average molecular weight is 420 g/mol. The van der Waals surface area contributed by atoms with Crippen molar-refractivity contribution >= 4 is 39.6 Å². The predicted molar refractivity (Wildman–Crippen MR) is 119 cm³/mol. The van der Waals surface area contributed by atoms with E-state index in [1.807, 2.05) is 42.5 Å². The van der Waals surface area contributed by atoms with Crippen LogP contribution in [0, 0.1) is 0 Å². The molecule has 5 aromatic rings. The van der Waals surface area contributed by atoms with Crippen molar-refractivity contribution in [1.29, 1.82) is 0 Å². The SMILES string of the molecule is O=c1cc(CCl)nc2c(-c3ccc4ccccc4c3)c(-c3ccc(Cl)cc3)[nH]n12. The second-order valence-corrected chi connectivity index (χ2v) is 7.51. The van der Waals surface area contributed by atoms with Crippen molar-refractivity contribution in [3.8, 4) is 22.4 Å². The first-order valence-electron chi connectivity index (χ1n) is 9.10. The molecular weight excluding hydrogens is 405 g/mol. The molecule has 0 amide bonds. The number of H-pyrrole nitrogens is 1. The van der Waals surface area contributed by atoms with Crippen molar-refractivity contribution in [3.05, 3.63) is 93.9 Å². The Bertz CT molecular complexity index is 1420. The lowest BCUT2D eigenvalue weighted by atomic mass is 9.98. The van der Waals surface area contributed by atoms with E-state index in [4.69, 9.17) is 23.2 Å². The van der Waals surface area contributed by atoms with Crippen LogP contribution in [0.3, 0.4) is 0 Å². The van der Waals surface area contributed by atoms with Gasteiger partial charge in [-0.2, -0.15) is 0 Å². The van der Waals surface area contributed by atoms with Crippen LogP contribution in [-0.2, 0) is 5.88 Å². The van der Waals surface area contributed by atoms with E-state index in [1.165, 1.54) is 10.6 Å². The third-order valence-corrected chi connectivity index (χ3v) is 5.50. The number of nitrogens with one attached hydrogen (secondary N) is 1. The van der Waals surface area contributed by atoms with E-state index < -0.39 is 0 Å². The van der Waals surface area contributed by atoms with E-state index in [0.717, 1.165) is 33.2 Å². The van der Waals surface area contributed by atoms with Gasteiger partial charge in [0.25, 0.3) is 5.56 Å². The molecule has 2 aromatic heterocycles. The summed E-state index contributed by atoms with van der Waals surface area (Å²) < 4.78 is 1.46. The van der Waals surface area contributed by atoms with Crippen molar-refractivity contribution in [3.63, 3.8) is 0 Å². The quantitative estimate of drug-likeness (QED) is 0.370. The normalized spacial score (nSPS) is 11.4. The molecule has 29 heavy (non-hydrogen) atoms. The maximum atomic E-state index is 12.7. The Kier molecular flexibility index (Phi) is 4.38. The zero-order valence-corrected chi connectivity index (χ0v) is 16.7. The standard InChI is InChI=1S/C23H15Cl2N3O/c24-13-19-12-20(29)28-23(26-19)21(22(27-28)15-7-9-18(25)10-8-15)17-6-5-14-3-1-2-4-16(14)11-17/h1-12,27H,13H2. The smallest absolute Gasteiger partial charge is 0.272 e. The fraction of sp³-hybridized carbons (Fsp3) is 0.0435. The molecule has 5 rings (SSSR count). The van der Waals surface area contributed by atoms with Gasteiger partial charge in [-0.3, -0.25) is 9.89 Å². The van der Waals surface area contributed by atoms with Gasteiger partial charge in [0.15, 0.2) is 5.65 Å². The van der Waals surface area contributed by atoms with E-state index in [9.17, 15) is 4.79 Å². The first-order chi connectivity index (χ1) is 14.1. The highest BCUT2D eigenvalue weighted by Crippen LogP contribution is 2.35. The number of aromatic nitrogens is 3. The third kappa shape index (κ3) is 3.11. The highest BCUT2D eigenvalue weighted by Gasteiger charge is 2.18. The number of alkyl halides is 1. The highest BCUT2D eigenvalue weighted by atomic mass is 35.5. The second-order valence-electron chi connectivity index (χ2n) is 6.81. The van der Waals surface area contributed by atoms with Crippen LogP contribution in [0.1, 0.15) is 5.69 Å². The van der Waals surface area contributed by atoms with Crippen LogP contribution < -0.4 is 5.56 Å². The fourth-order valence-electron chi connectivity index (χ4n) is 3.60. The average Bonchev–Trinajstić information content (AvgIpc) is 3.14. The second kappa shape index (κ2) is 7.07. The lowest BCUT2D eigenvalue weighted by Gasteiger charge is -2.07. The lowest BCUT2D eigenvalue weighted by molar-refractivity contribution is 0.891. The van der Waals surface area contributed by atoms with Crippen molar-refractivity contribution < 1.29 is 0 Å². The summed E-state index contributed by atoms with van der Waals surface area (Å²) in [6.07, 6.45) is 0. The van der Waals surface area contributed by atoms with E-state index >= 15 is 0 Å². The topological polar surface area (TPSA) is 50.2 Å². The van der Waals surface area contributed by atoms with Crippen LogP contribution in [0.2, 0.25) is 5.02 Å². The molecule has 6 heteroatoms. The number of rotatable bonds is 3. The van der Waals surface area contributed by atoms with Gasteiger partial charge in [-0.25, -0.2) is 9.50 Å². The van der Waals surface area contributed by atoms with Crippen molar-refractivity contribution in [1.82, 2.24) is 14.6 Å². The van der Waals surface area contributed by atoms with Gasteiger partial charge < -0.3 is 0 Å². The molecular formula is C23H15Cl2N3O. The molecule has 0 unspecified atom stereocenters. The van der Waals surface area contributed by atoms with E-state index in [-0.39, 0.29) is 11.4 Å². The van der Waals surface area contributed by atoms with Crippen molar-refractivity contribution in [2.75, 3.05) is 0 Å². The van der Waals surface area contributed by atoms with Gasteiger partial charge in [0, 0.05) is 16.7 Å². The Morgan fingerprint density at radius 3 is 2.38 bits per heavy atom. The summed E-state index contributed by atoms with van der Waals surface area (Å²) in [5.41, 5.74) is 4.41. The summed E-state index contributed by atoms with van der Waals surface area (Å²) in [5, 5.41) is 6.13. The molecule has 0 aliphatic carbocycles. The monoisotopic (exact) mass is 419 g/mol. The summed E-state index contributed by atoms with van der Waals surface area (Å²) in [7, 11) is 0. The number of fused-ring (bicyclic) bond motifs is 2. The maximum absolute atomic E-state index is 12.7. The molecule has 1 N–H and O–H groups in total. The van der Waals surface area contributed by atoms with Crippen molar-refractivity contribution in [2.24, 2.45) is 0 Å². The van der Waals surface area contributed by atoms with Crippen LogP contribution in [0.15, 0.2) is 77.6 Å². The minimum absolute atomic E-state index is 0.171. The minimum Gasteiger partial charge on any atom is -0.288 e. The molecule has 0 bridgehead atoms. The van der Waals surface area contributed by atoms with Gasteiger partial charge >= 0.3 is 0 Å². The zero-order chi connectivity index (χ0) is 20.0. The van der Waals surface area contributed by atoms with Gasteiger partial charge in [0.2, 0.25) is 0 Å². The van der Waals surface area contributed by atoms with Crippen LogP contribution in [0.25, 0.3) is 38.8 Å². The van der Waals surface area contributed by atoms with E-state index in [0.29, 0.717) is 16.4 Å². The molecule has 0 atom stereocenters. The van der Waals surface area contributed by atoms with Gasteiger partial charge in [0.1, 0.15) is 0 Å². The summed E-state index contributed by atoms with van der Waals surface area (Å²) in [6.45, 7) is 0. The van der Waals surface area contributed by atoms with Crippen molar-refractivity contribution in [2.45, 2.75) is 5.88 Å². The Hall–Kier alpha value is -3.08. The molecule has 0 aliphatic heterocycles.